The van der Waals surface area contributed by atoms with Gasteiger partial charge in [0.15, 0.2) is 0 Å². The first-order chi connectivity index (χ1) is 10.8. The van der Waals surface area contributed by atoms with E-state index in [0.29, 0.717) is 31.6 Å². The lowest BCUT2D eigenvalue weighted by atomic mass is 10.1. The molecule has 2 aliphatic heterocycles. The Morgan fingerprint density at radius 3 is 2.67 bits per heavy atom. The van der Waals surface area contributed by atoms with Crippen molar-refractivity contribution in [2.45, 2.75) is 29.9 Å². The van der Waals surface area contributed by atoms with Gasteiger partial charge in [0.2, 0.25) is 15.9 Å². The fourth-order valence-corrected chi connectivity index (χ4v) is 3.97. The molecule has 0 aliphatic carbocycles. The van der Waals surface area contributed by atoms with Gasteiger partial charge in [0.25, 0.3) is 0 Å². The molecule has 134 valence electrons. The van der Waals surface area contributed by atoms with Gasteiger partial charge in [-0.2, -0.15) is 0 Å². The van der Waals surface area contributed by atoms with Crippen molar-refractivity contribution in [3.8, 4) is 0 Å². The summed E-state index contributed by atoms with van der Waals surface area (Å²) in [7, 11) is -0.573. The molecular formula is C15H22ClN3O4S. The van der Waals surface area contributed by atoms with Gasteiger partial charge < -0.3 is 15.3 Å². The maximum Gasteiger partial charge on any atom is 0.244 e. The Kier molecular flexibility index (Phi) is 5.56. The number of benzene rings is 1. The molecule has 9 heteroatoms. The van der Waals surface area contributed by atoms with Gasteiger partial charge in [0.05, 0.1) is 17.0 Å². The number of amides is 1. The largest absolute Gasteiger partial charge is 0.392 e. The van der Waals surface area contributed by atoms with Crippen LogP contribution in [0.3, 0.4) is 0 Å². The van der Waals surface area contributed by atoms with E-state index in [1.54, 1.807) is 23.1 Å². The molecule has 0 spiro atoms. The molecule has 2 unspecified atom stereocenters. The fraction of sp³-hybridized carbons (Fsp3) is 0.533. The molecule has 2 aliphatic rings. The molecule has 1 aromatic rings. The SMILES string of the molecule is CN(C)S(=O)(=O)c1ccc2c(c1)N(C(=O)C1CC(O)CN1)CC2.Cl. The summed E-state index contributed by atoms with van der Waals surface area (Å²) in [6.45, 7) is 0.945. The minimum absolute atomic E-state index is 0. The highest BCUT2D eigenvalue weighted by Gasteiger charge is 2.35. The minimum atomic E-state index is -3.54. The molecular weight excluding hydrogens is 354 g/mol. The summed E-state index contributed by atoms with van der Waals surface area (Å²) in [6.07, 6.45) is 0.588. The van der Waals surface area contributed by atoms with Crippen LogP contribution in [-0.2, 0) is 21.2 Å². The van der Waals surface area contributed by atoms with E-state index in [4.69, 9.17) is 0 Å². The Bertz CT molecular complexity index is 738. The lowest BCUT2D eigenvalue weighted by Gasteiger charge is -2.22. The molecule has 0 bridgehead atoms. The van der Waals surface area contributed by atoms with Gasteiger partial charge >= 0.3 is 0 Å². The van der Waals surface area contributed by atoms with E-state index in [-0.39, 0.29) is 23.2 Å². The van der Waals surface area contributed by atoms with Gasteiger partial charge in [-0.15, -0.1) is 12.4 Å². The van der Waals surface area contributed by atoms with E-state index >= 15 is 0 Å². The molecule has 0 aromatic heterocycles. The maximum atomic E-state index is 12.6. The van der Waals surface area contributed by atoms with E-state index in [0.717, 1.165) is 9.87 Å². The van der Waals surface area contributed by atoms with Crippen LogP contribution in [0, 0.1) is 0 Å². The molecule has 2 N–H and O–H groups in total. The zero-order valence-corrected chi connectivity index (χ0v) is 15.2. The zero-order chi connectivity index (χ0) is 16.8. The van der Waals surface area contributed by atoms with E-state index in [2.05, 4.69) is 5.32 Å². The molecule has 1 saturated heterocycles. The van der Waals surface area contributed by atoms with Crippen LogP contribution in [0.5, 0.6) is 0 Å². The normalized spacial score (nSPS) is 23.2. The monoisotopic (exact) mass is 375 g/mol. The van der Waals surface area contributed by atoms with Crippen LogP contribution in [0.15, 0.2) is 23.1 Å². The van der Waals surface area contributed by atoms with Gasteiger partial charge in [-0.1, -0.05) is 6.07 Å². The number of sulfonamides is 1. The van der Waals surface area contributed by atoms with Gasteiger partial charge in [-0.3, -0.25) is 4.79 Å². The number of rotatable bonds is 3. The number of fused-ring (bicyclic) bond motifs is 1. The number of carbonyl (C=O) groups is 1. The highest BCUT2D eigenvalue weighted by Crippen LogP contribution is 2.32. The highest BCUT2D eigenvalue weighted by atomic mass is 35.5. The summed E-state index contributed by atoms with van der Waals surface area (Å²) in [5.41, 5.74) is 1.62. The van der Waals surface area contributed by atoms with Crippen LogP contribution >= 0.6 is 12.4 Å². The van der Waals surface area contributed by atoms with Crippen molar-refractivity contribution >= 4 is 34.0 Å². The molecule has 1 amide bonds. The van der Waals surface area contributed by atoms with E-state index in [1.165, 1.54) is 14.1 Å². The predicted octanol–water partition coefficient (Wildman–Crippen LogP) is -0.0294. The third-order valence-corrected chi connectivity index (χ3v) is 6.21. The number of halogens is 1. The van der Waals surface area contributed by atoms with Gasteiger partial charge in [0.1, 0.15) is 0 Å². The second kappa shape index (κ2) is 6.97. The van der Waals surface area contributed by atoms with Crippen molar-refractivity contribution in [1.82, 2.24) is 9.62 Å². The number of hydrogen-bond acceptors (Lipinski definition) is 5. The number of nitrogens with one attached hydrogen (secondary N) is 1. The van der Waals surface area contributed by atoms with E-state index in [1.807, 2.05) is 0 Å². The predicted molar refractivity (Wildman–Crippen MR) is 93.0 cm³/mol. The number of carbonyl (C=O) groups excluding carboxylic acids is 1. The summed E-state index contributed by atoms with van der Waals surface area (Å²) >= 11 is 0. The quantitative estimate of drug-likeness (QED) is 0.774. The Balaban J connectivity index is 0.00000208. The average molecular weight is 376 g/mol. The molecule has 1 aromatic carbocycles. The summed E-state index contributed by atoms with van der Waals surface area (Å²) in [4.78, 5) is 14.4. The second-order valence-electron chi connectivity index (χ2n) is 6.17. The van der Waals surface area contributed by atoms with Crippen molar-refractivity contribution < 1.29 is 18.3 Å². The van der Waals surface area contributed by atoms with Crippen LogP contribution in [-0.4, -0.2) is 63.1 Å². The number of hydrogen-bond donors (Lipinski definition) is 2. The van der Waals surface area contributed by atoms with Gasteiger partial charge in [0, 0.05) is 32.9 Å². The fourth-order valence-electron chi connectivity index (χ4n) is 3.05. The maximum absolute atomic E-state index is 12.6. The molecule has 7 nitrogen and oxygen atoms in total. The lowest BCUT2D eigenvalue weighted by Crippen LogP contribution is -2.43. The average Bonchev–Trinajstić information content (AvgIpc) is 3.11. The third-order valence-electron chi connectivity index (χ3n) is 4.40. The smallest absolute Gasteiger partial charge is 0.244 e. The van der Waals surface area contributed by atoms with E-state index < -0.39 is 22.2 Å². The van der Waals surface area contributed by atoms with Gasteiger partial charge in [-0.05, 0) is 30.5 Å². The third kappa shape index (κ3) is 3.29. The number of β-amino-alcohol motifs (C(OH)–C–C–N with tert-alkyl or cyclic N) is 1. The van der Waals surface area contributed by atoms with Crippen LogP contribution in [0.2, 0.25) is 0 Å². The van der Waals surface area contributed by atoms with Gasteiger partial charge in [-0.25, -0.2) is 12.7 Å². The molecule has 0 saturated carbocycles. The number of nitrogens with zero attached hydrogens (tertiary/aromatic N) is 2. The Morgan fingerprint density at radius 2 is 2.08 bits per heavy atom. The van der Waals surface area contributed by atoms with Crippen molar-refractivity contribution in [3.63, 3.8) is 0 Å². The molecule has 3 rings (SSSR count). The first-order valence-corrected chi connectivity index (χ1v) is 9.03. The number of aliphatic hydroxyl groups excluding tert-OH is 1. The molecule has 1 fully saturated rings. The lowest BCUT2D eigenvalue weighted by molar-refractivity contribution is -0.120. The zero-order valence-electron chi connectivity index (χ0n) is 13.6. The number of anilines is 1. The van der Waals surface area contributed by atoms with Crippen molar-refractivity contribution in [3.05, 3.63) is 23.8 Å². The summed E-state index contributed by atoms with van der Waals surface area (Å²) in [5, 5.41) is 12.6. The Hall–Kier alpha value is -1.19. The minimum Gasteiger partial charge on any atom is -0.392 e. The highest BCUT2D eigenvalue weighted by molar-refractivity contribution is 7.89. The van der Waals surface area contributed by atoms with E-state index in [9.17, 15) is 18.3 Å². The van der Waals surface area contributed by atoms with Crippen LogP contribution in [0.1, 0.15) is 12.0 Å². The topological polar surface area (TPSA) is 90.0 Å². The number of aliphatic hydroxyl groups is 1. The first-order valence-electron chi connectivity index (χ1n) is 7.59. The molecule has 0 radical (unpaired) electrons. The summed E-state index contributed by atoms with van der Waals surface area (Å²) in [6, 6.07) is 4.52. The Morgan fingerprint density at radius 1 is 1.38 bits per heavy atom. The molecule has 24 heavy (non-hydrogen) atoms. The second-order valence-corrected chi connectivity index (χ2v) is 8.32. The van der Waals surface area contributed by atoms with Crippen LogP contribution in [0.25, 0.3) is 0 Å². The summed E-state index contributed by atoms with van der Waals surface area (Å²) < 4.78 is 25.7. The van der Waals surface area contributed by atoms with Crippen molar-refractivity contribution in [2.75, 3.05) is 32.1 Å². The van der Waals surface area contributed by atoms with Crippen LogP contribution in [0.4, 0.5) is 5.69 Å². The van der Waals surface area contributed by atoms with Crippen LogP contribution < -0.4 is 10.2 Å². The Labute approximate surface area is 148 Å². The summed E-state index contributed by atoms with van der Waals surface area (Å²) in [5.74, 6) is -0.111. The van der Waals surface area contributed by atoms with Crippen molar-refractivity contribution in [2.24, 2.45) is 0 Å². The van der Waals surface area contributed by atoms with Crippen molar-refractivity contribution in [1.29, 1.82) is 0 Å². The molecule has 2 heterocycles. The molecule has 2 atom stereocenters. The first kappa shape index (κ1) is 19.1. The standard InChI is InChI=1S/C15H21N3O4S.ClH/c1-17(2)23(21,22)12-4-3-10-5-6-18(14(10)8-12)15(20)13-7-11(19)9-16-13;/h3-4,8,11,13,16,19H,5-7,9H2,1-2H3;1H.